The van der Waals surface area contributed by atoms with Crippen LogP contribution in [0.1, 0.15) is 26.7 Å². The number of ether oxygens (including phenoxy) is 2. The van der Waals surface area contributed by atoms with Gasteiger partial charge in [0.15, 0.2) is 0 Å². The third-order valence-electron chi connectivity index (χ3n) is 1.59. The smallest absolute Gasteiger partial charge is 0.324 e. The van der Waals surface area contributed by atoms with E-state index in [9.17, 15) is 0 Å². The SMILES string of the molecule is CCCOc1nc(NN)nc(OCCC)n1. The zero-order chi connectivity index (χ0) is 11.8. The van der Waals surface area contributed by atoms with E-state index in [0.717, 1.165) is 12.8 Å². The van der Waals surface area contributed by atoms with E-state index >= 15 is 0 Å². The van der Waals surface area contributed by atoms with Crippen molar-refractivity contribution in [2.45, 2.75) is 26.7 Å². The highest BCUT2D eigenvalue weighted by molar-refractivity contribution is 5.25. The van der Waals surface area contributed by atoms with Gasteiger partial charge in [0.05, 0.1) is 13.2 Å². The Morgan fingerprint density at radius 2 is 1.50 bits per heavy atom. The molecule has 90 valence electrons. The first kappa shape index (κ1) is 12.4. The minimum Gasteiger partial charge on any atom is -0.463 e. The van der Waals surface area contributed by atoms with Crippen LogP contribution in [-0.4, -0.2) is 28.2 Å². The van der Waals surface area contributed by atoms with Crippen LogP contribution < -0.4 is 20.7 Å². The molecular weight excluding hydrogens is 210 g/mol. The summed E-state index contributed by atoms with van der Waals surface area (Å²) in [6.07, 6.45) is 1.75. The van der Waals surface area contributed by atoms with Crippen molar-refractivity contribution in [1.82, 2.24) is 15.0 Å². The van der Waals surface area contributed by atoms with E-state index in [2.05, 4.69) is 20.4 Å². The molecule has 1 aromatic rings. The Bertz CT molecular complexity index is 295. The molecule has 0 aliphatic rings. The summed E-state index contributed by atoms with van der Waals surface area (Å²) >= 11 is 0. The van der Waals surface area contributed by atoms with Crippen LogP contribution in [-0.2, 0) is 0 Å². The van der Waals surface area contributed by atoms with E-state index in [1.807, 2.05) is 13.8 Å². The fourth-order valence-electron chi connectivity index (χ4n) is 0.918. The van der Waals surface area contributed by atoms with Crippen molar-refractivity contribution in [3.63, 3.8) is 0 Å². The second-order valence-corrected chi connectivity index (χ2v) is 3.07. The van der Waals surface area contributed by atoms with Crippen molar-refractivity contribution >= 4 is 5.95 Å². The van der Waals surface area contributed by atoms with Gasteiger partial charge < -0.3 is 9.47 Å². The molecule has 0 aromatic carbocycles. The number of anilines is 1. The highest BCUT2D eigenvalue weighted by Gasteiger charge is 2.07. The molecule has 1 rings (SSSR count). The molecule has 0 radical (unpaired) electrons. The number of hydrogen-bond acceptors (Lipinski definition) is 7. The third kappa shape index (κ3) is 3.85. The molecule has 7 nitrogen and oxygen atoms in total. The Morgan fingerprint density at radius 1 is 1.00 bits per heavy atom. The maximum absolute atomic E-state index is 5.28. The summed E-state index contributed by atoms with van der Waals surface area (Å²) in [6, 6.07) is 0.437. The quantitative estimate of drug-likeness (QED) is 0.523. The third-order valence-corrected chi connectivity index (χ3v) is 1.59. The second-order valence-electron chi connectivity index (χ2n) is 3.07. The molecule has 7 heteroatoms. The van der Waals surface area contributed by atoms with Crippen LogP contribution in [0.15, 0.2) is 0 Å². The first-order valence-corrected chi connectivity index (χ1v) is 5.28. The van der Waals surface area contributed by atoms with Gasteiger partial charge in [-0.1, -0.05) is 13.8 Å². The number of hydrazine groups is 1. The van der Waals surface area contributed by atoms with Crippen molar-refractivity contribution in [1.29, 1.82) is 0 Å². The molecule has 3 N–H and O–H groups in total. The molecule has 0 bridgehead atoms. The Morgan fingerprint density at radius 3 is 1.88 bits per heavy atom. The van der Waals surface area contributed by atoms with Crippen LogP contribution >= 0.6 is 0 Å². The molecule has 0 saturated carbocycles. The lowest BCUT2D eigenvalue weighted by Crippen LogP contribution is -2.13. The van der Waals surface area contributed by atoms with Crippen molar-refractivity contribution in [2.24, 2.45) is 5.84 Å². The molecule has 0 amide bonds. The average Bonchev–Trinajstić information content (AvgIpc) is 2.33. The Labute approximate surface area is 94.4 Å². The van der Waals surface area contributed by atoms with Crippen molar-refractivity contribution in [3.8, 4) is 12.0 Å². The predicted molar refractivity (Wildman–Crippen MR) is 59.2 cm³/mol. The summed E-state index contributed by atoms with van der Waals surface area (Å²) in [7, 11) is 0. The fraction of sp³-hybridized carbons (Fsp3) is 0.667. The minimum atomic E-state index is 0.218. The highest BCUT2D eigenvalue weighted by Crippen LogP contribution is 2.12. The average molecular weight is 227 g/mol. The Kier molecular flexibility index (Phi) is 5.27. The van der Waals surface area contributed by atoms with Crippen LogP contribution in [0.4, 0.5) is 5.95 Å². The largest absolute Gasteiger partial charge is 0.463 e. The summed E-state index contributed by atoms with van der Waals surface area (Å²) in [5.41, 5.74) is 2.34. The van der Waals surface area contributed by atoms with Gasteiger partial charge in [-0.25, -0.2) is 5.84 Å². The molecule has 0 atom stereocenters. The molecule has 0 fully saturated rings. The van der Waals surface area contributed by atoms with Gasteiger partial charge in [-0.3, -0.25) is 5.43 Å². The van der Waals surface area contributed by atoms with E-state index in [1.54, 1.807) is 0 Å². The lowest BCUT2D eigenvalue weighted by molar-refractivity contribution is 0.262. The van der Waals surface area contributed by atoms with Gasteiger partial charge in [0.2, 0.25) is 5.95 Å². The van der Waals surface area contributed by atoms with Gasteiger partial charge in [0.1, 0.15) is 0 Å². The van der Waals surface area contributed by atoms with Gasteiger partial charge in [-0.2, -0.15) is 9.97 Å². The summed E-state index contributed by atoms with van der Waals surface area (Å²) in [6.45, 7) is 5.08. The summed E-state index contributed by atoms with van der Waals surface area (Å²) < 4.78 is 10.6. The maximum atomic E-state index is 5.28. The molecule has 0 aliphatic heterocycles. The molecule has 1 aromatic heterocycles. The first-order chi connectivity index (χ1) is 7.80. The van der Waals surface area contributed by atoms with E-state index in [-0.39, 0.29) is 18.0 Å². The number of aromatic nitrogens is 3. The Hall–Kier alpha value is -1.63. The maximum Gasteiger partial charge on any atom is 0.324 e. The standard InChI is InChI=1S/C9H17N5O2/c1-3-5-15-8-11-7(14-10)12-9(13-8)16-6-4-2/h3-6,10H2,1-2H3,(H,11,12,13,14). The molecular formula is C9H17N5O2. The number of rotatable bonds is 7. The molecule has 0 saturated heterocycles. The number of hydrogen-bond donors (Lipinski definition) is 2. The van der Waals surface area contributed by atoms with Crippen molar-refractivity contribution in [2.75, 3.05) is 18.6 Å². The van der Waals surface area contributed by atoms with Crippen LogP contribution in [0.5, 0.6) is 12.0 Å². The van der Waals surface area contributed by atoms with Crippen LogP contribution in [0.25, 0.3) is 0 Å². The topological polar surface area (TPSA) is 95.2 Å². The number of nitrogen functional groups attached to an aromatic ring is 1. The predicted octanol–water partition coefficient (Wildman–Crippen LogP) is 0.735. The fourth-order valence-corrected chi connectivity index (χ4v) is 0.918. The van der Waals surface area contributed by atoms with Gasteiger partial charge in [-0.05, 0) is 12.8 Å². The van der Waals surface area contributed by atoms with Gasteiger partial charge in [0.25, 0.3) is 0 Å². The van der Waals surface area contributed by atoms with Gasteiger partial charge in [0, 0.05) is 0 Å². The van der Waals surface area contributed by atoms with E-state index < -0.39 is 0 Å². The molecule has 0 unspecified atom stereocenters. The lowest BCUT2D eigenvalue weighted by atomic mass is 10.5. The summed E-state index contributed by atoms with van der Waals surface area (Å²) in [4.78, 5) is 11.9. The highest BCUT2D eigenvalue weighted by atomic mass is 16.5. The molecule has 1 heterocycles. The monoisotopic (exact) mass is 227 g/mol. The zero-order valence-corrected chi connectivity index (χ0v) is 9.56. The van der Waals surface area contributed by atoms with Crippen LogP contribution in [0.3, 0.4) is 0 Å². The van der Waals surface area contributed by atoms with Crippen LogP contribution in [0.2, 0.25) is 0 Å². The van der Waals surface area contributed by atoms with E-state index in [0.29, 0.717) is 13.2 Å². The molecule has 0 aliphatic carbocycles. The number of nitrogens with one attached hydrogen (secondary N) is 1. The minimum absolute atomic E-state index is 0.218. The summed E-state index contributed by atoms with van der Waals surface area (Å²) in [5.74, 6) is 5.46. The van der Waals surface area contributed by atoms with Crippen LogP contribution in [0, 0.1) is 0 Å². The molecule has 0 spiro atoms. The van der Waals surface area contributed by atoms with Gasteiger partial charge >= 0.3 is 12.0 Å². The first-order valence-electron chi connectivity index (χ1n) is 5.28. The molecule has 16 heavy (non-hydrogen) atoms. The summed E-state index contributed by atoms with van der Waals surface area (Å²) in [5, 5.41) is 0. The lowest BCUT2D eigenvalue weighted by Gasteiger charge is -2.07. The van der Waals surface area contributed by atoms with Gasteiger partial charge in [-0.15, -0.1) is 4.98 Å². The number of nitrogens with zero attached hydrogens (tertiary/aromatic N) is 3. The van der Waals surface area contributed by atoms with E-state index in [1.165, 1.54) is 0 Å². The van der Waals surface area contributed by atoms with E-state index in [4.69, 9.17) is 15.3 Å². The second kappa shape index (κ2) is 6.78. The van der Waals surface area contributed by atoms with Crippen molar-refractivity contribution < 1.29 is 9.47 Å². The zero-order valence-electron chi connectivity index (χ0n) is 9.56. The Balaban J connectivity index is 2.74. The number of nitrogens with two attached hydrogens (primary N) is 1. The van der Waals surface area contributed by atoms with Crippen molar-refractivity contribution in [3.05, 3.63) is 0 Å². The normalized spacial score (nSPS) is 9.94.